The van der Waals surface area contributed by atoms with Crippen molar-refractivity contribution in [1.29, 1.82) is 0 Å². The van der Waals surface area contributed by atoms with Gasteiger partial charge in [-0.1, -0.05) is 37.3 Å². The van der Waals surface area contributed by atoms with Gasteiger partial charge < -0.3 is 24.4 Å². The third kappa shape index (κ3) is 2.83. The van der Waals surface area contributed by atoms with Crippen LogP contribution in [-0.2, 0) is 28.6 Å². The van der Waals surface area contributed by atoms with Crippen LogP contribution in [0.4, 0.5) is 0 Å². The van der Waals surface area contributed by atoms with E-state index in [4.69, 9.17) is 14.2 Å². The highest BCUT2D eigenvalue weighted by molar-refractivity contribution is 5.91. The van der Waals surface area contributed by atoms with Crippen LogP contribution >= 0.6 is 0 Å². The average Bonchev–Trinajstić information content (AvgIpc) is 3.56. The van der Waals surface area contributed by atoms with Gasteiger partial charge in [0, 0.05) is 53.4 Å². The van der Waals surface area contributed by atoms with E-state index in [1.165, 1.54) is 6.92 Å². The van der Waals surface area contributed by atoms with Crippen LogP contribution in [0.1, 0.15) is 66.7 Å². The number of hydrogen-bond donors (Lipinski definition) is 2. The molecular formula is C32H40O8. The van der Waals surface area contributed by atoms with Gasteiger partial charge in [0.2, 0.25) is 0 Å². The number of carbonyl (C=O) groups is 3. The van der Waals surface area contributed by atoms with Crippen molar-refractivity contribution in [2.75, 3.05) is 0 Å². The van der Waals surface area contributed by atoms with Crippen LogP contribution in [0.15, 0.2) is 36.0 Å². The topological polar surface area (TPSA) is 119 Å². The molecule has 0 aromatic carbocycles. The van der Waals surface area contributed by atoms with Crippen LogP contribution in [-0.4, -0.2) is 57.6 Å². The van der Waals surface area contributed by atoms with Gasteiger partial charge in [-0.2, -0.15) is 0 Å². The summed E-state index contributed by atoms with van der Waals surface area (Å²) in [6.45, 7) is 13.1. The molecule has 7 aliphatic rings. The Morgan fingerprint density at radius 1 is 1.12 bits per heavy atom. The van der Waals surface area contributed by atoms with E-state index < -0.39 is 69.5 Å². The van der Waals surface area contributed by atoms with Crippen molar-refractivity contribution in [2.24, 2.45) is 45.8 Å². The highest BCUT2D eigenvalue weighted by Gasteiger charge is 2.84. The Morgan fingerprint density at radius 2 is 1.85 bits per heavy atom. The monoisotopic (exact) mass is 552 g/mol. The number of ether oxygens (including phenoxy) is 3. The zero-order chi connectivity index (χ0) is 28.8. The molecule has 2 saturated heterocycles. The fraction of sp³-hybridized carbons (Fsp3) is 0.719. The van der Waals surface area contributed by atoms with Crippen LogP contribution in [0, 0.1) is 45.8 Å². The number of esters is 3. The standard InChI is InChI=1S/C32H40O8/c1-15-7-8-19-21(15)24-22(20(38-17(3)33)13-29(19,5)36)32(27(35)40-24)14-31-12-11-28(32,4)25(31)23-18(9-10-30(31,6)37)16(2)26(34)39-23/h7,11-12,18-25,36-37H,2,8-10,13-14H2,1,3-6H3/t18-,19+,20-,21-,22+,23-,24+,25-,28+,29+,30+,31-,32+/m0/s1. The van der Waals surface area contributed by atoms with Crippen molar-refractivity contribution < 1.29 is 38.8 Å². The summed E-state index contributed by atoms with van der Waals surface area (Å²) >= 11 is 0. The summed E-state index contributed by atoms with van der Waals surface area (Å²) in [6.07, 6.45) is 6.43. The summed E-state index contributed by atoms with van der Waals surface area (Å²) in [5, 5.41) is 24.0. The van der Waals surface area contributed by atoms with Crippen molar-refractivity contribution in [1.82, 2.24) is 0 Å². The molecule has 13 atom stereocenters. The fourth-order valence-electron chi connectivity index (χ4n) is 11.0. The second-order valence-electron chi connectivity index (χ2n) is 14.5. The lowest BCUT2D eigenvalue weighted by Gasteiger charge is -2.46. The molecule has 2 heterocycles. The molecule has 7 rings (SSSR count). The molecule has 5 aliphatic carbocycles. The molecule has 0 radical (unpaired) electrons. The first-order valence-corrected chi connectivity index (χ1v) is 14.7. The normalized spacial score (nSPS) is 55.6. The lowest BCUT2D eigenvalue weighted by Crippen LogP contribution is -2.53. The second kappa shape index (κ2) is 7.68. The number of carbonyl (C=O) groups excluding carboxylic acids is 3. The van der Waals surface area contributed by atoms with E-state index in [0.717, 1.165) is 5.57 Å². The van der Waals surface area contributed by atoms with Gasteiger partial charge in [-0.25, -0.2) is 4.79 Å². The Morgan fingerprint density at radius 3 is 2.55 bits per heavy atom. The van der Waals surface area contributed by atoms with E-state index >= 15 is 0 Å². The van der Waals surface area contributed by atoms with Gasteiger partial charge in [-0.15, -0.1) is 0 Å². The smallest absolute Gasteiger partial charge is 0.334 e. The van der Waals surface area contributed by atoms with Crippen LogP contribution in [0.3, 0.4) is 0 Å². The quantitative estimate of drug-likeness (QED) is 0.220. The minimum atomic E-state index is -1.19. The minimum Gasteiger partial charge on any atom is -0.462 e. The van der Waals surface area contributed by atoms with Gasteiger partial charge >= 0.3 is 17.9 Å². The van der Waals surface area contributed by atoms with Gasteiger partial charge in [0.05, 0.1) is 22.5 Å². The van der Waals surface area contributed by atoms with Gasteiger partial charge in [-0.05, 0) is 46.5 Å². The first kappa shape index (κ1) is 26.4. The lowest BCUT2D eigenvalue weighted by molar-refractivity contribution is -0.165. The van der Waals surface area contributed by atoms with Gasteiger partial charge in [0.25, 0.3) is 0 Å². The first-order valence-electron chi connectivity index (χ1n) is 14.7. The minimum absolute atomic E-state index is 0.180. The maximum absolute atomic E-state index is 14.5. The van der Waals surface area contributed by atoms with Gasteiger partial charge in [-0.3, -0.25) is 9.59 Å². The van der Waals surface area contributed by atoms with E-state index in [2.05, 4.69) is 18.7 Å². The molecule has 3 saturated carbocycles. The van der Waals surface area contributed by atoms with E-state index in [-0.39, 0.29) is 36.6 Å². The van der Waals surface area contributed by atoms with E-state index in [9.17, 15) is 24.6 Å². The first-order chi connectivity index (χ1) is 18.6. The van der Waals surface area contributed by atoms with Crippen LogP contribution in [0.2, 0.25) is 0 Å². The Kier molecular flexibility index (Phi) is 5.08. The summed E-state index contributed by atoms with van der Waals surface area (Å²) in [6, 6.07) is 0. The van der Waals surface area contributed by atoms with Crippen molar-refractivity contribution in [3.05, 3.63) is 36.0 Å². The number of fused-ring (bicyclic) bond motifs is 6. The number of aliphatic hydroxyl groups is 2. The third-order valence-corrected chi connectivity index (χ3v) is 12.8. The van der Waals surface area contributed by atoms with E-state index in [1.807, 2.05) is 26.8 Å². The lowest BCUT2D eigenvalue weighted by atomic mass is 9.54. The summed E-state index contributed by atoms with van der Waals surface area (Å²) in [7, 11) is 0. The zero-order valence-electron chi connectivity index (χ0n) is 23.9. The molecule has 8 nitrogen and oxygen atoms in total. The molecule has 40 heavy (non-hydrogen) atoms. The molecule has 1 spiro atoms. The predicted molar refractivity (Wildman–Crippen MR) is 142 cm³/mol. The Balaban J connectivity index is 1.45. The summed E-state index contributed by atoms with van der Waals surface area (Å²) in [4.78, 5) is 39.9. The van der Waals surface area contributed by atoms with E-state index in [0.29, 0.717) is 24.8 Å². The molecule has 0 unspecified atom stereocenters. The summed E-state index contributed by atoms with van der Waals surface area (Å²) in [5.41, 5.74) is -3.74. The van der Waals surface area contributed by atoms with Crippen molar-refractivity contribution in [3.8, 4) is 0 Å². The summed E-state index contributed by atoms with van der Waals surface area (Å²) in [5.74, 6) is -2.84. The highest BCUT2D eigenvalue weighted by Crippen LogP contribution is 2.80. The maximum Gasteiger partial charge on any atom is 0.334 e. The van der Waals surface area contributed by atoms with Gasteiger partial charge in [0.1, 0.15) is 18.3 Å². The summed E-state index contributed by atoms with van der Waals surface area (Å²) < 4.78 is 18.5. The molecular weight excluding hydrogens is 512 g/mol. The predicted octanol–water partition coefficient (Wildman–Crippen LogP) is 3.41. The molecule has 2 bridgehead atoms. The van der Waals surface area contributed by atoms with Crippen LogP contribution in [0.5, 0.6) is 0 Å². The largest absolute Gasteiger partial charge is 0.462 e. The van der Waals surface area contributed by atoms with Crippen molar-refractivity contribution >= 4 is 17.9 Å². The molecule has 216 valence electrons. The highest BCUT2D eigenvalue weighted by atomic mass is 16.6. The van der Waals surface area contributed by atoms with Crippen molar-refractivity contribution in [2.45, 2.75) is 96.2 Å². The molecule has 0 amide bonds. The van der Waals surface area contributed by atoms with Gasteiger partial charge in [0.15, 0.2) is 0 Å². The Labute approximate surface area is 234 Å². The molecule has 5 fully saturated rings. The second-order valence-corrected chi connectivity index (χ2v) is 14.5. The van der Waals surface area contributed by atoms with Crippen molar-refractivity contribution in [3.63, 3.8) is 0 Å². The molecule has 8 heteroatoms. The van der Waals surface area contributed by atoms with Crippen LogP contribution < -0.4 is 0 Å². The number of allylic oxidation sites excluding steroid dienone is 2. The maximum atomic E-state index is 14.5. The average molecular weight is 553 g/mol. The molecule has 2 aliphatic heterocycles. The number of hydrogen-bond acceptors (Lipinski definition) is 8. The third-order valence-electron chi connectivity index (χ3n) is 12.8. The molecule has 0 aromatic rings. The SMILES string of the molecule is C=C1C(=O)O[C@@H]2[C@@H]3[C@@]4(C=C[C@@]3(C)[C@@]3(C4)C(=O)O[C@@H]4[C@H]5C(C)=CC[C@H]5[C@](C)(O)C[C@H](OC(C)=O)[C@H]43)[C@](C)(O)CC[C@@H]12. The Hall–Kier alpha value is -2.45. The Bertz CT molecular complexity index is 1310. The van der Waals surface area contributed by atoms with Crippen LogP contribution in [0.25, 0.3) is 0 Å². The molecule has 2 N–H and O–H groups in total. The molecule has 0 aromatic heterocycles. The zero-order valence-corrected chi connectivity index (χ0v) is 23.9. The number of rotatable bonds is 1. The van der Waals surface area contributed by atoms with E-state index in [1.54, 1.807) is 6.92 Å². The fourth-order valence-corrected chi connectivity index (χ4v) is 11.0.